The van der Waals surface area contributed by atoms with Gasteiger partial charge in [-0.15, -0.1) is 12.4 Å². The summed E-state index contributed by atoms with van der Waals surface area (Å²) < 4.78 is 36.6. The number of nitrogen functional groups attached to an aromatic ring is 1. The zero-order chi connectivity index (χ0) is 10.1. The lowest BCUT2D eigenvalue weighted by molar-refractivity contribution is -0.137. The van der Waals surface area contributed by atoms with Crippen molar-refractivity contribution in [3.63, 3.8) is 0 Å². The zero-order valence-electron chi connectivity index (χ0n) is 6.84. The van der Waals surface area contributed by atoms with E-state index < -0.39 is 17.3 Å². The fraction of sp³-hybridized carbons (Fsp3) is 0.125. The molecule has 0 aromatic heterocycles. The van der Waals surface area contributed by atoms with Gasteiger partial charge in [-0.3, -0.25) is 4.79 Å². The second-order valence-corrected chi connectivity index (χ2v) is 2.46. The molecule has 0 radical (unpaired) electrons. The van der Waals surface area contributed by atoms with Crippen LogP contribution in [-0.4, -0.2) is 6.29 Å². The Labute approximate surface area is 84.3 Å². The summed E-state index contributed by atoms with van der Waals surface area (Å²) >= 11 is 0. The van der Waals surface area contributed by atoms with Gasteiger partial charge in [0.1, 0.15) is 0 Å². The minimum absolute atomic E-state index is 0. The maximum absolute atomic E-state index is 12.2. The van der Waals surface area contributed by atoms with Gasteiger partial charge in [0.2, 0.25) is 0 Å². The molecule has 0 unspecified atom stereocenters. The molecule has 0 saturated heterocycles. The third-order valence-corrected chi connectivity index (χ3v) is 1.51. The lowest BCUT2D eigenvalue weighted by Crippen LogP contribution is -2.09. The van der Waals surface area contributed by atoms with Crippen molar-refractivity contribution >= 4 is 24.4 Å². The third-order valence-electron chi connectivity index (χ3n) is 1.51. The first-order valence-electron chi connectivity index (χ1n) is 3.37. The van der Waals surface area contributed by atoms with E-state index in [1.165, 1.54) is 6.07 Å². The Morgan fingerprint density at radius 3 is 2.29 bits per heavy atom. The second kappa shape index (κ2) is 4.32. The Hall–Kier alpha value is -1.23. The normalized spacial score (nSPS) is 10.5. The number of benzene rings is 1. The van der Waals surface area contributed by atoms with Gasteiger partial charge in [-0.05, 0) is 18.2 Å². The topological polar surface area (TPSA) is 43.1 Å². The predicted molar refractivity (Wildman–Crippen MR) is 48.5 cm³/mol. The molecule has 14 heavy (non-hydrogen) atoms. The number of nitrogens with two attached hydrogens (primary N) is 1. The molecule has 6 heteroatoms. The first-order valence-corrected chi connectivity index (χ1v) is 3.37. The van der Waals surface area contributed by atoms with E-state index in [4.69, 9.17) is 5.73 Å². The molecule has 78 valence electrons. The highest BCUT2D eigenvalue weighted by molar-refractivity contribution is 5.85. The van der Waals surface area contributed by atoms with E-state index in [1.54, 1.807) is 0 Å². The van der Waals surface area contributed by atoms with Crippen LogP contribution in [0.2, 0.25) is 0 Å². The molecule has 0 atom stereocenters. The van der Waals surface area contributed by atoms with Crippen LogP contribution >= 0.6 is 12.4 Å². The minimum atomic E-state index is -4.54. The molecule has 0 heterocycles. The molecule has 0 aliphatic carbocycles. The molecule has 2 nitrogen and oxygen atoms in total. The van der Waals surface area contributed by atoms with Gasteiger partial charge in [-0.1, -0.05) is 0 Å². The van der Waals surface area contributed by atoms with Crippen LogP contribution in [0.1, 0.15) is 15.9 Å². The number of halogens is 4. The summed E-state index contributed by atoms with van der Waals surface area (Å²) in [6.45, 7) is 0. The summed E-state index contributed by atoms with van der Waals surface area (Å²) in [4.78, 5) is 10.2. The smallest absolute Gasteiger partial charge is 0.399 e. The van der Waals surface area contributed by atoms with Crippen molar-refractivity contribution in [3.8, 4) is 0 Å². The van der Waals surface area contributed by atoms with Crippen molar-refractivity contribution in [2.45, 2.75) is 6.18 Å². The lowest BCUT2D eigenvalue weighted by Gasteiger charge is -2.09. The summed E-state index contributed by atoms with van der Waals surface area (Å²) in [6, 6.07) is 3.04. The highest BCUT2D eigenvalue weighted by Gasteiger charge is 2.33. The number of carbonyl (C=O) groups excluding carboxylic acids is 1. The maximum atomic E-state index is 12.2. The molecule has 0 aliphatic heterocycles. The van der Waals surface area contributed by atoms with E-state index in [1.807, 2.05) is 0 Å². The Kier molecular flexibility index (Phi) is 3.94. The number of rotatable bonds is 1. The van der Waals surface area contributed by atoms with E-state index in [9.17, 15) is 18.0 Å². The van der Waals surface area contributed by atoms with Crippen LogP contribution in [0.25, 0.3) is 0 Å². The Morgan fingerprint density at radius 1 is 1.29 bits per heavy atom. The predicted octanol–water partition coefficient (Wildman–Crippen LogP) is 2.52. The molecule has 1 rings (SSSR count). The monoisotopic (exact) mass is 225 g/mol. The van der Waals surface area contributed by atoms with Crippen LogP contribution in [0.15, 0.2) is 18.2 Å². The van der Waals surface area contributed by atoms with E-state index in [-0.39, 0.29) is 24.4 Å². The van der Waals surface area contributed by atoms with Crippen LogP contribution in [0.5, 0.6) is 0 Å². The van der Waals surface area contributed by atoms with Gasteiger partial charge in [0.15, 0.2) is 6.29 Å². The number of hydrogen-bond acceptors (Lipinski definition) is 2. The zero-order valence-corrected chi connectivity index (χ0v) is 7.65. The average molecular weight is 226 g/mol. The lowest BCUT2D eigenvalue weighted by atomic mass is 10.1. The largest absolute Gasteiger partial charge is 0.417 e. The van der Waals surface area contributed by atoms with Crippen molar-refractivity contribution in [1.82, 2.24) is 0 Å². The third kappa shape index (κ3) is 2.63. The van der Waals surface area contributed by atoms with Crippen LogP contribution < -0.4 is 5.73 Å². The van der Waals surface area contributed by atoms with Crippen molar-refractivity contribution in [3.05, 3.63) is 29.3 Å². The Morgan fingerprint density at radius 2 is 1.86 bits per heavy atom. The summed E-state index contributed by atoms with van der Waals surface area (Å²) in [5, 5.41) is 0. The van der Waals surface area contributed by atoms with Gasteiger partial charge in [-0.25, -0.2) is 0 Å². The van der Waals surface area contributed by atoms with Gasteiger partial charge in [0, 0.05) is 11.3 Å². The number of aldehydes is 1. The van der Waals surface area contributed by atoms with E-state index >= 15 is 0 Å². The van der Waals surface area contributed by atoms with E-state index in [0.29, 0.717) is 0 Å². The molecule has 0 fully saturated rings. The quantitative estimate of drug-likeness (QED) is 0.590. The molecule has 0 aliphatic rings. The highest BCUT2D eigenvalue weighted by atomic mass is 35.5. The standard InChI is InChI=1S/C8H6F3NO.ClH/c9-8(10,11)7-3-6(12)2-1-5(7)4-13;/h1-4H,12H2;1H. The summed E-state index contributed by atoms with van der Waals surface area (Å²) in [7, 11) is 0. The maximum Gasteiger partial charge on any atom is 0.417 e. The van der Waals surface area contributed by atoms with Gasteiger partial charge in [-0.2, -0.15) is 13.2 Å². The first kappa shape index (κ1) is 12.8. The molecule has 0 spiro atoms. The first-order chi connectivity index (χ1) is 5.95. The Bertz CT molecular complexity index is 338. The second-order valence-electron chi connectivity index (χ2n) is 2.46. The molecule has 0 bridgehead atoms. The van der Waals surface area contributed by atoms with Crippen LogP contribution in [0, 0.1) is 0 Å². The van der Waals surface area contributed by atoms with Crippen molar-refractivity contribution in [2.24, 2.45) is 0 Å². The average Bonchev–Trinajstić information content (AvgIpc) is 2.03. The molecular weight excluding hydrogens is 219 g/mol. The molecule has 2 N–H and O–H groups in total. The van der Waals surface area contributed by atoms with Crippen LogP contribution in [-0.2, 0) is 6.18 Å². The molecule has 0 saturated carbocycles. The number of alkyl halides is 3. The highest BCUT2D eigenvalue weighted by Crippen LogP contribution is 2.32. The van der Waals surface area contributed by atoms with E-state index in [2.05, 4.69) is 0 Å². The number of carbonyl (C=O) groups is 1. The van der Waals surface area contributed by atoms with Crippen molar-refractivity contribution < 1.29 is 18.0 Å². The van der Waals surface area contributed by atoms with E-state index in [0.717, 1.165) is 12.1 Å². The van der Waals surface area contributed by atoms with Gasteiger partial charge < -0.3 is 5.73 Å². The summed E-state index contributed by atoms with van der Waals surface area (Å²) in [5.74, 6) is 0. The fourth-order valence-corrected chi connectivity index (χ4v) is 0.922. The number of anilines is 1. The summed E-state index contributed by atoms with van der Waals surface area (Å²) in [5.41, 5.74) is 3.75. The van der Waals surface area contributed by atoms with Gasteiger partial charge in [0.25, 0.3) is 0 Å². The number of hydrogen-bond donors (Lipinski definition) is 1. The molecular formula is C8H7ClF3NO. The van der Waals surface area contributed by atoms with Crippen molar-refractivity contribution in [1.29, 1.82) is 0 Å². The molecule has 0 amide bonds. The molecule has 1 aromatic rings. The SMILES string of the molecule is Cl.Nc1ccc(C=O)c(C(F)(F)F)c1. The minimum Gasteiger partial charge on any atom is -0.399 e. The van der Waals surface area contributed by atoms with Gasteiger partial charge in [0.05, 0.1) is 5.56 Å². The summed E-state index contributed by atoms with van der Waals surface area (Å²) in [6.07, 6.45) is -4.38. The van der Waals surface area contributed by atoms with Gasteiger partial charge >= 0.3 is 6.18 Å². The fourth-order valence-electron chi connectivity index (χ4n) is 0.922. The molecule has 1 aromatic carbocycles. The van der Waals surface area contributed by atoms with Crippen molar-refractivity contribution in [2.75, 3.05) is 5.73 Å². The van der Waals surface area contributed by atoms with Crippen LogP contribution in [0.3, 0.4) is 0 Å². The Balaban J connectivity index is 0.00000169. The van der Waals surface area contributed by atoms with Crippen LogP contribution in [0.4, 0.5) is 18.9 Å².